The fraction of sp³-hybridized carbons (Fsp3) is 0.556. The summed E-state index contributed by atoms with van der Waals surface area (Å²) in [5.74, 6) is -0.558. The number of carbonyl (C=O) groups is 2. The van der Waals surface area contributed by atoms with Gasteiger partial charge in [0.25, 0.3) is 0 Å². The lowest BCUT2D eigenvalue weighted by atomic mass is 9.64. The molecule has 0 saturated heterocycles. The first-order valence-electron chi connectivity index (χ1n) is 8.04. The van der Waals surface area contributed by atoms with E-state index in [9.17, 15) is 14.7 Å². The maximum absolute atomic E-state index is 12.7. The average molecular weight is 319 g/mol. The highest BCUT2D eigenvalue weighted by molar-refractivity contribution is 5.97. The lowest BCUT2D eigenvalue weighted by Crippen LogP contribution is -2.43. The van der Waals surface area contributed by atoms with Gasteiger partial charge in [-0.1, -0.05) is 20.3 Å². The third kappa shape index (κ3) is 4.10. The maximum Gasteiger partial charge on any atom is 0.335 e. The summed E-state index contributed by atoms with van der Waals surface area (Å²) in [5.41, 5.74) is 1.11. The van der Waals surface area contributed by atoms with Crippen LogP contribution < -0.4 is 5.32 Å². The zero-order valence-corrected chi connectivity index (χ0v) is 14.0. The third-order valence-electron chi connectivity index (χ3n) is 4.40. The monoisotopic (exact) mass is 319 g/mol. The minimum absolute atomic E-state index is 0.00311. The van der Waals surface area contributed by atoms with Gasteiger partial charge in [-0.25, -0.2) is 4.79 Å². The molecule has 1 saturated carbocycles. The summed E-state index contributed by atoms with van der Waals surface area (Å²) in [7, 11) is 1.55. The van der Waals surface area contributed by atoms with Gasteiger partial charge < -0.3 is 15.2 Å². The number of nitrogens with one attached hydrogen (secondary N) is 1. The molecule has 0 heterocycles. The van der Waals surface area contributed by atoms with E-state index in [1.165, 1.54) is 6.07 Å². The number of hydrogen-bond donors (Lipinski definition) is 2. The number of carboxylic acid groups (broad SMARTS) is 1. The van der Waals surface area contributed by atoms with Crippen LogP contribution >= 0.6 is 0 Å². The normalized spacial score (nSPS) is 16.0. The number of hydrogen-bond acceptors (Lipinski definition) is 3. The van der Waals surface area contributed by atoms with Gasteiger partial charge in [0.15, 0.2) is 0 Å². The van der Waals surface area contributed by atoms with E-state index in [2.05, 4.69) is 19.2 Å². The Hall–Kier alpha value is -1.88. The minimum Gasteiger partial charge on any atom is -0.478 e. The number of amides is 1. The number of carboxylic acids is 1. The van der Waals surface area contributed by atoms with Crippen molar-refractivity contribution in [1.29, 1.82) is 0 Å². The second kappa shape index (κ2) is 7.13. The van der Waals surface area contributed by atoms with Crippen LogP contribution in [0.1, 0.15) is 55.5 Å². The summed E-state index contributed by atoms with van der Waals surface area (Å²) in [4.78, 5) is 24.0. The second-order valence-corrected chi connectivity index (χ2v) is 6.84. The van der Waals surface area contributed by atoms with Crippen LogP contribution in [-0.2, 0) is 16.1 Å². The first-order valence-corrected chi connectivity index (χ1v) is 8.04. The van der Waals surface area contributed by atoms with E-state index in [0.717, 1.165) is 31.2 Å². The molecule has 0 aliphatic heterocycles. The van der Waals surface area contributed by atoms with Crippen LogP contribution in [0.5, 0.6) is 0 Å². The smallest absolute Gasteiger partial charge is 0.335 e. The summed E-state index contributed by atoms with van der Waals surface area (Å²) in [6.07, 6.45) is 3.74. The molecule has 2 N–H and O–H groups in total. The van der Waals surface area contributed by atoms with E-state index in [1.807, 2.05) is 0 Å². The fourth-order valence-electron chi connectivity index (χ4n) is 3.31. The highest BCUT2D eigenvalue weighted by atomic mass is 16.5. The molecular weight excluding hydrogens is 294 g/mol. The van der Waals surface area contributed by atoms with Crippen LogP contribution in [0.15, 0.2) is 18.2 Å². The Morgan fingerprint density at radius 1 is 1.30 bits per heavy atom. The molecule has 23 heavy (non-hydrogen) atoms. The molecule has 1 fully saturated rings. The summed E-state index contributed by atoms with van der Waals surface area (Å²) in [6.45, 7) is 4.55. The molecule has 2 rings (SSSR count). The molecule has 0 radical (unpaired) electrons. The molecule has 5 nitrogen and oxygen atoms in total. The van der Waals surface area contributed by atoms with Crippen molar-refractivity contribution in [2.24, 2.45) is 11.3 Å². The van der Waals surface area contributed by atoms with Gasteiger partial charge in [0.05, 0.1) is 12.2 Å². The van der Waals surface area contributed by atoms with Crippen molar-refractivity contribution in [3.63, 3.8) is 0 Å². The van der Waals surface area contributed by atoms with Crippen LogP contribution in [-0.4, -0.2) is 24.1 Å². The minimum atomic E-state index is -1.01. The maximum atomic E-state index is 12.7. The number of rotatable bonds is 7. The predicted molar refractivity (Wildman–Crippen MR) is 88.5 cm³/mol. The van der Waals surface area contributed by atoms with E-state index in [0.29, 0.717) is 18.2 Å². The van der Waals surface area contributed by atoms with Gasteiger partial charge in [0.2, 0.25) is 5.91 Å². The van der Waals surface area contributed by atoms with Crippen molar-refractivity contribution >= 4 is 17.6 Å². The molecule has 1 aliphatic carbocycles. The Morgan fingerprint density at radius 3 is 2.48 bits per heavy atom. The standard InChI is InChI=1S/C18H25NO4/c1-12(2)10-18(5-4-6-18)17(22)19-15-8-13(11-23-3)7-14(9-15)16(20)21/h7-9,12H,4-6,10-11H2,1-3H3,(H,19,22)(H,20,21). The van der Waals surface area contributed by atoms with Crippen molar-refractivity contribution in [2.45, 2.75) is 46.1 Å². The molecular formula is C18H25NO4. The van der Waals surface area contributed by atoms with Crippen LogP contribution in [0.2, 0.25) is 0 Å². The fourth-order valence-corrected chi connectivity index (χ4v) is 3.31. The summed E-state index contributed by atoms with van der Waals surface area (Å²) >= 11 is 0. The highest BCUT2D eigenvalue weighted by Gasteiger charge is 2.44. The number of aromatic carboxylic acids is 1. The van der Waals surface area contributed by atoms with E-state index >= 15 is 0 Å². The van der Waals surface area contributed by atoms with Crippen molar-refractivity contribution in [2.75, 3.05) is 12.4 Å². The zero-order chi connectivity index (χ0) is 17.0. The highest BCUT2D eigenvalue weighted by Crippen LogP contribution is 2.46. The molecule has 126 valence electrons. The van der Waals surface area contributed by atoms with Crippen LogP contribution in [0, 0.1) is 11.3 Å². The van der Waals surface area contributed by atoms with Crippen molar-refractivity contribution in [3.8, 4) is 0 Å². The molecule has 1 aromatic rings. The SMILES string of the molecule is COCc1cc(NC(=O)C2(CC(C)C)CCC2)cc(C(=O)O)c1. The Bertz CT molecular complexity index is 591. The summed E-state index contributed by atoms with van der Waals surface area (Å²) in [6, 6.07) is 4.84. The number of methoxy groups -OCH3 is 1. The number of benzene rings is 1. The molecule has 1 aromatic carbocycles. The lowest BCUT2D eigenvalue weighted by Gasteiger charge is -2.41. The van der Waals surface area contributed by atoms with Gasteiger partial charge in [-0.15, -0.1) is 0 Å². The first-order chi connectivity index (χ1) is 10.9. The van der Waals surface area contributed by atoms with Gasteiger partial charge >= 0.3 is 5.97 Å². The predicted octanol–water partition coefficient (Wildman–Crippen LogP) is 3.69. The molecule has 0 atom stereocenters. The van der Waals surface area contributed by atoms with E-state index in [-0.39, 0.29) is 16.9 Å². The summed E-state index contributed by atoms with van der Waals surface area (Å²) in [5, 5.41) is 12.1. The van der Waals surface area contributed by atoms with Gasteiger partial charge in [-0.3, -0.25) is 4.79 Å². The number of carbonyl (C=O) groups excluding carboxylic acids is 1. The average Bonchev–Trinajstić information content (AvgIpc) is 2.42. The zero-order valence-electron chi connectivity index (χ0n) is 14.0. The first kappa shape index (κ1) is 17.5. The van der Waals surface area contributed by atoms with Crippen molar-refractivity contribution in [1.82, 2.24) is 0 Å². The molecule has 5 heteroatoms. The van der Waals surface area contributed by atoms with Gasteiger partial charge in [-0.2, -0.15) is 0 Å². The van der Waals surface area contributed by atoms with Crippen LogP contribution in [0.25, 0.3) is 0 Å². The van der Waals surface area contributed by atoms with Gasteiger partial charge in [0.1, 0.15) is 0 Å². The quantitative estimate of drug-likeness (QED) is 0.803. The lowest BCUT2D eigenvalue weighted by molar-refractivity contribution is -0.131. The van der Waals surface area contributed by atoms with E-state index in [4.69, 9.17) is 4.74 Å². The van der Waals surface area contributed by atoms with Crippen molar-refractivity contribution < 1.29 is 19.4 Å². The van der Waals surface area contributed by atoms with Crippen molar-refractivity contribution in [3.05, 3.63) is 29.3 Å². The largest absolute Gasteiger partial charge is 0.478 e. The molecule has 1 amide bonds. The Morgan fingerprint density at radius 2 is 2.00 bits per heavy atom. The van der Waals surface area contributed by atoms with Crippen LogP contribution in [0.3, 0.4) is 0 Å². The third-order valence-corrected chi connectivity index (χ3v) is 4.40. The van der Waals surface area contributed by atoms with Gasteiger partial charge in [0, 0.05) is 18.2 Å². The molecule has 0 spiro atoms. The Kier molecular flexibility index (Phi) is 5.42. The Balaban J connectivity index is 2.21. The second-order valence-electron chi connectivity index (χ2n) is 6.84. The van der Waals surface area contributed by atoms with Crippen LogP contribution in [0.4, 0.5) is 5.69 Å². The molecule has 0 unspecified atom stereocenters. The van der Waals surface area contributed by atoms with E-state index in [1.54, 1.807) is 19.2 Å². The number of ether oxygens (including phenoxy) is 1. The molecule has 0 bridgehead atoms. The topological polar surface area (TPSA) is 75.6 Å². The van der Waals surface area contributed by atoms with Gasteiger partial charge in [-0.05, 0) is 48.9 Å². The number of anilines is 1. The Labute approximate surface area is 137 Å². The summed E-state index contributed by atoms with van der Waals surface area (Å²) < 4.78 is 5.07. The molecule has 1 aliphatic rings. The van der Waals surface area contributed by atoms with E-state index < -0.39 is 5.97 Å². The molecule has 0 aromatic heterocycles.